The summed E-state index contributed by atoms with van der Waals surface area (Å²) in [7, 11) is 1.78. The molecule has 0 unspecified atom stereocenters. The van der Waals surface area contributed by atoms with Crippen molar-refractivity contribution in [2.45, 2.75) is 19.9 Å². The van der Waals surface area contributed by atoms with Crippen molar-refractivity contribution in [2.24, 2.45) is 4.99 Å². The smallest absolute Gasteiger partial charge is 0.191 e. The second-order valence-electron chi connectivity index (χ2n) is 4.61. The summed E-state index contributed by atoms with van der Waals surface area (Å²) in [6.45, 7) is 3.68. The molecule has 106 valence electrons. The minimum atomic E-state index is 0.771. The molecule has 0 aliphatic rings. The summed E-state index contributed by atoms with van der Waals surface area (Å²) < 4.78 is 5.29. The predicted molar refractivity (Wildman–Crippen MR) is 81.8 cm³/mol. The maximum absolute atomic E-state index is 5.29. The summed E-state index contributed by atoms with van der Waals surface area (Å²) >= 11 is 0. The van der Waals surface area contributed by atoms with Gasteiger partial charge in [0.2, 0.25) is 0 Å². The van der Waals surface area contributed by atoms with Crippen LogP contribution in [0.3, 0.4) is 0 Å². The van der Waals surface area contributed by atoms with Gasteiger partial charge in [0, 0.05) is 26.6 Å². The fourth-order valence-corrected chi connectivity index (χ4v) is 1.97. The zero-order valence-corrected chi connectivity index (χ0v) is 12.0. The molecule has 0 saturated heterocycles. The molecule has 0 aliphatic carbocycles. The van der Waals surface area contributed by atoms with Gasteiger partial charge < -0.3 is 15.1 Å². The first kappa shape index (κ1) is 14.2. The number of rotatable bonds is 5. The van der Waals surface area contributed by atoms with Gasteiger partial charge in [0.1, 0.15) is 5.76 Å². The number of aliphatic imine (C=N–C) groups is 1. The van der Waals surface area contributed by atoms with Crippen LogP contribution in [0.4, 0.5) is 0 Å². The van der Waals surface area contributed by atoms with E-state index in [1.807, 2.05) is 12.1 Å². The van der Waals surface area contributed by atoms with E-state index in [9.17, 15) is 0 Å². The van der Waals surface area contributed by atoms with Crippen LogP contribution in [0.1, 0.15) is 16.9 Å². The third-order valence-corrected chi connectivity index (χ3v) is 3.18. The van der Waals surface area contributed by atoms with Crippen LogP contribution in [0.25, 0.3) is 0 Å². The third-order valence-electron chi connectivity index (χ3n) is 3.18. The molecule has 1 heterocycles. The minimum Gasteiger partial charge on any atom is -0.469 e. The lowest BCUT2D eigenvalue weighted by Gasteiger charge is -2.12. The van der Waals surface area contributed by atoms with Crippen LogP contribution in [-0.4, -0.2) is 19.6 Å². The highest BCUT2D eigenvalue weighted by Gasteiger charge is 2.01. The molecule has 0 fully saturated rings. The second-order valence-corrected chi connectivity index (χ2v) is 4.61. The average Bonchev–Trinajstić information content (AvgIpc) is 2.97. The standard InChI is InChI=1S/C16H21N3O/c1-13-6-3-4-7-14(13)12-19-16(17-2)18-10-9-15-8-5-11-20-15/h3-8,11H,9-10,12H2,1-2H3,(H2,17,18,19). The highest BCUT2D eigenvalue weighted by atomic mass is 16.3. The number of nitrogens with one attached hydrogen (secondary N) is 2. The largest absolute Gasteiger partial charge is 0.469 e. The number of hydrogen-bond donors (Lipinski definition) is 2. The molecule has 1 aromatic carbocycles. The molecule has 0 bridgehead atoms. The summed E-state index contributed by atoms with van der Waals surface area (Å²) in [4.78, 5) is 4.22. The topological polar surface area (TPSA) is 49.6 Å². The Morgan fingerprint density at radius 3 is 2.70 bits per heavy atom. The van der Waals surface area contributed by atoms with Gasteiger partial charge in [-0.3, -0.25) is 4.99 Å². The van der Waals surface area contributed by atoms with Gasteiger partial charge in [0.05, 0.1) is 6.26 Å². The van der Waals surface area contributed by atoms with Crippen LogP contribution in [0.2, 0.25) is 0 Å². The summed E-state index contributed by atoms with van der Waals surface area (Å²) in [5, 5.41) is 6.59. The lowest BCUT2D eigenvalue weighted by atomic mass is 10.1. The second kappa shape index (κ2) is 7.38. The molecule has 0 spiro atoms. The van der Waals surface area contributed by atoms with Crippen LogP contribution in [0, 0.1) is 6.92 Å². The van der Waals surface area contributed by atoms with Crippen molar-refractivity contribution in [3.63, 3.8) is 0 Å². The normalized spacial score (nSPS) is 11.4. The number of aryl methyl sites for hydroxylation is 1. The zero-order valence-electron chi connectivity index (χ0n) is 12.0. The number of nitrogens with zero attached hydrogens (tertiary/aromatic N) is 1. The Balaban J connectivity index is 1.77. The number of guanidine groups is 1. The Kier molecular flexibility index (Phi) is 5.24. The molecule has 0 radical (unpaired) electrons. The summed E-state index contributed by atoms with van der Waals surface area (Å²) in [5.74, 6) is 1.78. The van der Waals surface area contributed by atoms with Crippen molar-refractivity contribution in [1.29, 1.82) is 0 Å². The molecule has 1 aromatic heterocycles. The highest BCUT2D eigenvalue weighted by Crippen LogP contribution is 2.05. The van der Waals surface area contributed by atoms with E-state index in [2.05, 4.69) is 46.8 Å². The summed E-state index contributed by atoms with van der Waals surface area (Å²) in [6, 6.07) is 12.2. The van der Waals surface area contributed by atoms with E-state index in [1.165, 1.54) is 11.1 Å². The Morgan fingerprint density at radius 2 is 2.00 bits per heavy atom. The minimum absolute atomic E-state index is 0.771. The Morgan fingerprint density at radius 1 is 1.15 bits per heavy atom. The van der Waals surface area contributed by atoms with E-state index in [0.29, 0.717) is 0 Å². The first-order chi connectivity index (χ1) is 9.79. The third kappa shape index (κ3) is 4.16. The first-order valence-corrected chi connectivity index (χ1v) is 6.81. The van der Waals surface area contributed by atoms with Crippen molar-refractivity contribution >= 4 is 5.96 Å². The van der Waals surface area contributed by atoms with E-state index >= 15 is 0 Å². The van der Waals surface area contributed by atoms with Gasteiger partial charge in [-0.2, -0.15) is 0 Å². The van der Waals surface area contributed by atoms with Crippen LogP contribution >= 0.6 is 0 Å². The SMILES string of the molecule is CN=C(NCCc1ccco1)NCc1ccccc1C. The Hall–Kier alpha value is -2.23. The quantitative estimate of drug-likeness (QED) is 0.649. The van der Waals surface area contributed by atoms with Gasteiger partial charge in [0.15, 0.2) is 5.96 Å². The van der Waals surface area contributed by atoms with Gasteiger partial charge in [-0.1, -0.05) is 24.3 Å². The molecule has 0 saturated carbocycles. The van der Waals surface area contributed by atoms with Gasteiger partial charge in [0.25, 0.3) is 0 Å². The summed E-state index contributed by atoms with van der Waals surface area (Å²) in [6.07, 6.45) is 2.54. The van der Waals surface area contributed by atoms with Crippen molar-refractivity contribution in [1.82, 2.24) is 10.6 Å². The van der Waals surface area contributed by atoms with Crippen LogP contribution in [0.5, 0.6) is 0 Å². The molecule has 0 amide bonds. The van der Waals surface area contributed by atoms with E-state index < -0.39 is 0 Å². The van der Waals surface area contributed by atoms with Crippen LogP contribution in [0.15, 0.2) is 52.1 Å². The maximum Gasteiger partial charge on any atom is 0.191 e. The molecular formula is C16H21N3O. The molecular weight excluding hydrogens is 250 g/mol. The van der Waals surface area contributed by atoms with Gasteiger partial charge in [-0.05, 0) is 30.2 Å². The molecule has 2 aromatic rings. The molecule has 2 N–H and O–H groups in total. The fraction of sp³-hybridized carbons (Fsp3) is 0.312. The lowest BCUT2D eigenvalue weighted by molar-refractivity contribution is 0.507. The molecule has 4 nitrogen and oxygen atoms in total. The van der Waals surface area contributed by atoms with E-state index in [4.69, 9.17) is 4.42 Å². The maximum atomic E-state index is 5.29. The molecule has 20 heavy (non-hydrogen) atoms. The average molecular weight is 271 g/mol. The highest BCUT2D eigenvalue weighted by molar-refractivity contribution is 5.79. The Labute approximate surface area is 119 Å². The van der Waals surface area contributed by atoms with Crippen LogP contribution in [-0.2, 0) is 13.0 Å². The molecule has 2 rings (SSSR count). The lowest BCUT2D eigenvalue weighted by Crippen LogP contribution is -2.37. The molecule has 4 heteroatoms. The van der Waals surface area contributed by atoms with Crippen molar-refractivity contribution < 1.29 is 4.42 Å². The predicted octanol–water partition coefficient (Wildman–Crippen LogP) is 2.50. The Bertz CT molecular complexity index is 547. The molecule has 0 aliphatic heterocycles. The number of hydrogen-bond acceptors (Lipinski definition) is 2. The number of furan rings is 1. The van der Waals surface area contributed by atoms with Gasteiger partial charge in [-0.25, -0.2) is 0 Å². The van der Waals surface area contributed by atoms with Crippen molar-refractivity contribution in [2.75, 3.05) is 13.6 Å². The van der Waals surface area contributed by atoms with E-state index in [0.717, 1.165) is 31.2 Å². The van der Waals surface area contributed by atoms with Crippen molar-refractivity contribution in [3.8, 4) is 0 Å². The monoisotopic (exact) mass is 271 g/mol. The molecule has 0 atom stereocenters. The zero-order chi connectivity index (χ0) is 14.2. The fourth-order valence-electron chi connectivity index (χ4n) is 1.97. The number of benzene rings is 1. The van der Waals surface area contributed by atoms with Gasteiger partial charge >= 0.3 is 0 Å². The first-order valence-electron chi connectivity index (χ1n) is 6.81. The van der Waals surface area contributed by atoms with E-state index in [1.54, 1.807) is 13.3 Å². The van der Waals surface area contributed by atoms with Crippen LogP contribution < -0.4 is 10.6 Å². The van der Waals surface area contributed by atoms with Crippen molar-refractivity contribution in [3.05, 3.63) is 59.5 Å². The summed E-state index contributed by atoms with van der Waals surface area (Å²) in [5.41, 5.74) is 2.56. The van der Waals surface area contributed by atoms with E-state index in [-0.39, 0.29) is 0 Å². The van der Waals surface area contributed by atoms with Gasteiger partial charge in [-0.15, -0.1) is 0 Å².